The Morgan fingerprint density at radius 1 is 1.32 bits per heavy atom. The Labute approximate surface area is 135 Å². The van der Waals surface area contributed by atoms with Gasteiger partial charge in [-0.1, -0.05) is 18.0 Å². The Hall–Kier alpha value is 0.160. The van der Waals surface area contributed by atoms with E-state index < -0.39 is 0 Å². The Morgan fingerprint density at radius 2 is 2.05 bits per heavy atom. The number of hydrogen-bond acceptors (Lipinski definition) is 2. The minimum absolute atomic E-state index is 0.521. The van der Waals surface area contributed by atoms with Crippen LogP contribution in [0.15, 0.2) is 18.2 Å². The monoisotopic (exact) mass is 392 g/mol. The van der Waals surface area contributed by atoms with Gasteiger partial charge in [0.1, 0.15) is 0 Å². The van der Waals surface area contributed by atoms with E-state index in [0.29, 0.717) is 6.04 Å². The molecule has 1 saturated heterocycles. The third-order valence-electron chi connectivity index (χ3n) is 3.63. The van der Waals surface area contributed by atoms with Crippen molar-refractivity contribution in [1.82, 2.24) is 10.2 Å². The van der Waals surface area contributed by atoms with E-state index in [4.69, 9.17) is 11.6 Å². The number of likely N-dealkylation sites (tertiary alicyclic amines) is 1. The average Bonchev–Trinajstić information content (AvgIpc) is 2.41. The maximum Gasteiger partial charge on any atom is 0.0409 e. The second kappa shape index (κ2) is 7.81. The summed E-state index contributed by atoms with van der Waals surface area (Å²) in [5.74, 6) is 0. The van der Waals surface area contributed by atoms with E-state index in [1.165, 1.54) is 41.5 Å². The Bertz CT molecular complexity index is 405. The van der Waals surface area contributed by atoms with Crippen molar-refractivity contribution in [3.63, 3.8) is 0 Å². The molecule has 1 heterocycles. The fraction of sp³-hybridized carbons (Fsp3) is 0.600. The van der Waals surface area contributed by atoms with Crippen LogP contribution in [0.2, 0.25) is 5.02 Å². The van der Waals surface area contributed by atoms with Gasteiger partial charge in [-0.25, -0.2) is 0 Å². The van der Waals surface area contributed by atoms with Gasteiger partial charge in [0.25, 0.3) is 0 Å². The smallest absolute Gasteiger partial charge is 0.0409 e. The van der Waals surface area contributed by atoms with Crippen molar-refractivity contribution in [3.8, 4) is 0 Å². The van der Waals surface area contributed by atoms with Crippen LogP contribution < -0.4 is 5.32 Å². The fourth-order valence-corrected chi connectivity index (χ4v) is 3.28. The van der Waals surface area contributed by atoms with E-state index in [-0.39, 0.29) is 0 Å². The van der Waals surface area contributed by atoms with Gasteiger partial charge in [-0.15, -0.1) is 0 Å². The summed E-state index contributed by atoms with van der Waals surface area (Å²) in [5.41, 5.74) is 1.29. The van der Waals surface area contributed by atoms with Crippen LogP contribution in [-0.2, 0) is 6.54 Å². The van der Waals surface area contributed by atoms with Gasteiger partial charge in [-0.3, -0.25) is 0 Å². The van der Waals surface area contributed by atoms with E-state index in [2.05, 4.69) is 51.9 Å². The highest BCUT2D eigenvalue weighted by Gasteiger charge is 2.13. The molecule has 4 heteroatoms. The lowest BCUT2D eigenvalue weighted by atomic mass is 10.1. The Morgan fingerprint density at radius 3 is 2.79 bits per heavy atom. The van der Waals surface area contributed by atoms with Crippen LogP contribution in [0.1, 0.15) is 31.7 Å². The van der Waals surface area contributed by atoms with Crippen molar-refractivity contribution in [2.24, 2.45) is 0 Å². The first-order valence-electron chi connectivity index (χ1n) is 7.05. The normalized spacial score (nSPS) is 18.5. The molecule has 0 bridgehead atoms. The molecule has 1 atom stereocenters. The molecule has 0 aliphatic carbocycles. The molecule has 0 aromatic heterocycles. The molecular weight excluding hydrogens is 371 g/mol. The molecule has 2 nitrogen and oxygen atoms in total. The van der Waals surface area contributed by atoms with Gasteiger partial charge < -0.3 is 10.2 Å². The number of halogens is 2. The third kappa shape index (κ3) is 5.21. The van der Waals surface area contributed by atoms with E-state index in [9.17, 15) is 0 Å². The van der Waals surface area contributed by atoms with E-state index in [0.717, 1.165) is 18.1 Å². The zero-order valence-electron chi connectivity index (χ0n) is 11.5. The molecule has 2 rings (SSSR count). The number of hydrogen-bond donors (Lipinski definition) is 1. The molecule has 0 radical (unpaired) electrons. The molecule has 1 aromatic carbocycles. The van der Waals surface area contributed by atoms with Crippen molar-refractivity contribution < 1.29 is 0 Å². The minimum atomic E-state index is 0.521. The molecule has 0 spiro atoms. The topological polar surface area (TPSA) is 15.3 Å². The molecule has 19 heavy (non-hydrogen) atoms. The Kier molecular flexibility index (Phi) is 6.39. The molecular formula is C15H22ClIN2. The molecule has 106 valence electrons. The summed E-state index contributed by atoms with van der Waals surface area (Å²) in [4.78, 5) is 2.57. The fourth-order valence-electron chi connectivity index (χ4n) is 2.56. The zero-order chi connectivity index (χ0) is 13.7. The molecule has 1 N–H and O–H groups in total. The van der Waals surface area contributed by atoms with Gasteiger partial charge in [0.15, 0.2) is 0 Å². The van der Waals surface area contributed by atoms with Crippen molar-refractivity contribution >= 4 is 34.2 Å². The second-order valence-electron chi connectivity index (χ2n) is 5.38. The van der Waals surface area contributed by atoms with Crippen LogP contribution in [-0.4, -0.2) is 30.6 Å². The third-order valence-corrected chi connectivity index (χ3v) is 4.92. The van der Waals surface area contributed by atoms with Gasteiger partial charge in [-0.05, 0) is 79.2 Å². The van der Waals surface area contributed by atoms with Crippen molar-refractivity contribution in [3.05, 3.63) is 32.4 Å². The standard InChI is InChI=1S/C15H22ClIN2/c1-12(11-19-7-3-2-4-8-19)18-10-13-9-14(16)5-6-15(13)17/h5-6,9,12,18H,2-4,7-8,10-11H2,1H3. The Balaban J connectivity index is 1.79. The first-order chi connectivity index (χ1) is 9.15. The van der Waals surface area contributed by atoms with Crippen LogP contribution in [0.5, 0.6) is 0 Å². The number of nitrogens with one attached hydrogen (secondary N) is 1. The number of benzene rings is 1. The molecule has 1 aromatic rings. The van der Waals surface area contributed by atoms with E-state index in [1.54, 1.807) is 0 Å². The van der Waals surface area contributed by atoms with Crippen LogP contribution in [0.4, 0.5) is 0 Å². The lowest BCUT2D eigenvalue weighted by Gasteiger charge is -2.29. The molecule has 1 fully saturated rings. The van der Waals surface area contributed by atoms with Crippen molar-refractivity contribution in [2.45, 2.75) is 38.8 Å². The highest BCUT2D eigenvalue weighted by atomic mass is 127. The molecule has 1 aliphatic rings. The summed E-state index contributed by atoms with van der Waals surface area (Å²) in [5, 5.41) is 4.43. The average molecular weight is 393 g/mol. The van der Waals surface area contributed by atoms with Gasteiger partial charge in [0.2, 0.25) is 0 Å². The first-order valence-corrected chi connectivity index (χ1v) is 8.50. The summed E-state index contributed by atoms with van der Waals surface area (Å²) in [7, 11) is 0. The largest absolute Gasteiger partial charge is 0.309 e. The predicted molar refractivity (Wildman–Crippen MR) is 90.8 cm³/mol. The number of piperidine rings is 1. The zero-order valence-corrected chi connectivity index (χ0v) is 14.4. The molecule has 1 aliphatic heterocycles. The maximum atomic E-state index is 6.05. The quantitative estimate of drug-likeness (QED) is 0.764. The number of rotatable bonds is 5. The maximum absolute atomic E-state index is 6.05. The van der Waals surface area contributed by atoms with Gasteiger partial charge in [0, 0.05) is 27.7 Å². The predicted octanol–water partition coefficient (Wildman–Crippen LogP) is 3.91. The lowest BCUT2D eigenvalue weighted by Crippen LogP contribution is -2.41. The summed E-state index contributed by atoms with van der Waals surface area (Å²) in [6, 6.07) is 6.61. The van der Waals surface area contributed by atoms with Gasteiger partial charge in [-0.2, -0.15) is 0 Å². The van der Waals surface area contributed by atoms with E-state index >= 15 is 0 Å². The molecule has 0 saturated carbocycles. The lowest BCUT2D eigenvalue weighted by molar-refractivity contribution is 0.209. The summed E-state index contributed by atoms with van der Waals surface area (Å²) in [6.07, 6.45) is 4.12. The molecule has 0 amide bonds. The highest BCUT2D eigenvalue weighted by Crippen LogP contribution is 2.18. The van der Waals surface area contributed by atoms with Crippen molar-refractivity contribution in [1.29, 1.82) is 0 Å². The van der Waals surface area contributed by atoms with Gasteiger partial charge in [0.05, 0.1) is 0 Å². The first kappa shape index (κ1) is 15.5. The van der Waals surface area contributed by atoms with Crippen LogP contribution in [0.3, 0.4) is 0 Å². The van der Waals surface area contributed by atoms with Crippen LogP contribution in [0.25, 0.3) is 0 Å². The molecule has 1 unspecified atom stereocenters. The van der Waals surface area contributed by atoms with Crippen molar-refractivity contribution in [2.75, 3.05) is 19.6 Å². The number of nitrogens with zero attached hydrogens (tertiary/aromatic N) is 1. The summed E-state index contributed by atoms with van der Waals surface area (Å²) >= 11 is 8.42. The van der Waals surface area contributed by atoms with Crippen LogP contribution >= 0.6 is 34.2 Å². The van der Waals surface area contributed by atoms with Gasteiger partial charge >= 0.3 is 0 Å². The highest BCUT2D eigenvalue weighted by molar-refractivity contribution is 14.1. The summed E-state index contributed by atoms with van der Waals surface area (Å²) in [6.45, 7) is 6.85. The SMILES string of the molecule is CC(CN1CCCCC1)NCc1cc(Cl)ccc1I. The van der Waals surface area contributed by atoms with E-state index in [1.807, 2.05) is 6.07 Å². The summed E-state index contributed by atoms with van der Waals surface area (Å²) < 4.78 is 1.28. The minimum Gasteiger partial charge on any atom is -0.309 e. The second-order valence-corrected chi connectivity index (χ2v) is 6.98. The van der Waals surface area contributed by atoms with Crippen LogP contribution in [0, 0.1) is 3.57 Å².